The van der Waals surface area contributed by atoms with Gasteiger partial charge in [0.2, 0.25) is 5.82 Å². The molecule has 3 nitrogen and oxygen atoms in total. The van der Waals surface area contributed by atoms with Crippen LogP contribution in [-0.4, -0.2) is 24.9 Å². The van der Waals surface area contributed by atoms with Gasteiger partial charge < -0.3 is 10.5 Å². The van der Waals surface area contributed by atoms with Gasteiger partial charge in [-0.2, -0.15) is 11.8 Å². The van der Waals surface area contributed by atoms with Crippen LogP contribution in [0.15, 0.2) is 0 Å². The molecule has 9 heteroatoms. The highest BCUT2D eigenvalue weighted by atomic mass is 32.2. The van der Waals surface area contributed by atoms with E-state index in [2.05, 4.69) is 4.74 Å². The summed E-state index contributed by atoms with van der Waals surface area (Å²) in [5.74, 6) is -10.7. The zero-order valence-corrected chi connectivity index (χ0v) is 11.7. The summed E-state index contributed by atoms with van der Waals surface area (Å²) in [6.07, 6.45) is 0.146. The van der Waals surface area contributed by atoms with E-state index in [0.29, 0.717) is 0 Å². The molecule has 0 heterocycles. The van der Waals surface area contributed by atoms with E-state index in [1.807, 2.05) is 0 Å². The van der Waals surface area contributed by atoms with Gasteiger partial charge in [0.25, 0.3) is 0 Å². The SMILES string of the molecule is COC(=O)C(N)CCSCc1c(F)c(F)c(F)c(F)c1F. The van der Waals surface area contributed by atoms with E-state index in [1.54, 1.807) is 0 Å². The Morgan fingerprint density at radius 1 is 1.10 bits per heavy atom. The van der Waals surface area contributed by atoms with Crippen LogP contribution in [0.2, 0.25) is 0 Å². The van der Waals surface area contributed by atoms with Crippen LogP contribution in [0.1, 0.15) is 12.0 Å². The Bertz CT molecular complexity index is 512. The predicted molar refractivity (Wildman–Crippen MR) is 67.0 cm³/mol. The second-order valence-corrected chi connectivity index (χ2v) is 5.12. The smallest absolute Gasteiger partial charge is 0.322 e. The van der Waals surface area contributed by atoms with Gasteiger partial charge in [0.1, 0.15) is 6.04 Å². The molecule has 1 unspecified atom stereocenters. The number of rotatable bonds is 6. The average Bonchev–Trinajstić information content (AvgIpc) is 2.49. The minimum absolute atomic E-state index is 0.146. The molecule has 1 atom stereocenters. The number of esters is 1. The number of halogens is 5. The van der Waals surface area contributed by atoms with Crippen LogP contribution in [0.5, 0.6) is 0 Å². The first kappa shape index (κ1) is 17.7. The molecule has 0 aromatic heterocycles. The molecule has 0 aliphatic carbocycles. The Hall–Kier alpha value is -1.35. The third-order valence-corrected chi connectivity index (χ3v) is 3.64. The van der Waals surface area contributed by atoms with Crippen molar-refractivity contribution >= 4 is 17.7 Å². The Morgan fingerprint density at radius 2 is 1.57 bits per heavy atom. The van der Waals surface area contributed by atoms with Crippen molar-refractivity contribution in [1.82, 2.24) is 0 Å². The van der Waals surface area contributed by atoms with Crippen molar-refractivity contribution in [2.45, 2.75) is 18.2 Å². The maximum absolute atomic E-state index is 13.3. The molecule has 0 amide bonds. The Balaban J connectivity index is 2.67. The highest BCUT2D eigenvalue weighted by Gasteiger charge is 2.25. The van der Waals surface area contributed by atoms with Crippen molar-refractivity contribution < 1.29 is 31.5 Å². The van der Waals surface area contributed by atoms with Crippen molar-refractivity contribution in [2.24, 2.45) is 5.73 Å². The molecule has 0 saturated carbocycles. The summed E-state index contributed by atoms with van der Waals surface area (Å²) in [6, 6.07) is -0.904. The fourth-order valence-corrected chi connectivity index (χ4v) is 2.45. The molecule has 0 aliphatic rings. The quantitative estimate of drug-likeness (QED) is 0.286. The number of carbonyl (C=O) groups is 1. The van der Waals surface area contributed by atoms with E-state index >= 15 is 0 Å². The first-order chi connectivity index (χ1) is 9.81. The van der Waals surface area contributed by atoms with E-state index in [0.717, 1.165) is 18.9 Å². The van der Waals surface area contributed by atoms with Gasteiger partial charge in [-0.25, -0.2) is 22.0 Å². The number of methoxy groups -OCH3 is 1. The number of hydrogen-bond acceptors (Lipinski definition) is 4. The molecule has 1 rings (SSSR count). The largest absolute Gasteiger partial charge is 0.468 e. The number of nitrogens with two attached hydrogens (primary N) is 1. The summed E-state index contributed by atoms with van der Waals surface area (Å²) in [7, 11) is 1.16. The number of carbonyl (C=O) groups excluding carboxylic acids is 1. The third kappa shape index (κ3) is 4.07. The van der Waals surface area contributed by atoms with E-state index in [1.165, 1.54) is 0 Å². The van der Waals surface area contributed by atoms with Crippen LogP contribution in [0.25, 0.3) is 0 Å². The molecule has 0 aliphatic heterocycles. The van der Waals surface area contributed by atoms with Crippen LogP contribution >= 0.6 is 11.8 Å². The van der Waals surface area contributed by atoms with Gasteiger partial charge in [-0.05, 0) is 12.2 Å². The van der Waals surface area contributed by atoms with Crippen molar-refractivity contribution in [3.8, 4) is 0 Å². The lowest BCUT2D eigenvalue weighted by atomic mass is 10.2. The second kappa shape index (κ2) is 7.60. The second-order valence-electron chi connectivity index (χ2n) is 4.02. The van der Waals surface area contributed by atoms with Crippen LogP contribution in [0, 0.1) is 29.1 Å². The Morgan fingerprint density at radius 3 is 2.05 bits per heavy atom. The van der Waals surface area contributed by atoms with Gasteiger partial charge >= 0.3 is 5.97 Å². The zero-order chi connectivity index (χ0) is 16.2. The maximum Gasteiger partial charge on any atom is 0.322 e. The number of benzene rings is 1. The van der Waals surface area contributed by atoms with Crippen molar-refractivity contribution in [1.29, 1.82) is 0 Å². The Kier molecular flexibility index (Phi) is 6.41. The van der Waals surface area contributed by atoms with Gasteiger partial charge in [0.05, 0.1) is 7.11 Å². The van der Waals surface area contributed by atoms with Gasteiger partial charge in [-0.3, -0.25) is 4.79 Å². The Labute approximate surface area is 121 Å². The molecule has 0 radical (unpaired) electrons. The summed E-state index contributed by atoms with van der Waals surface area (Å²) in [5.41, 5.74) is 4.53. The van der Waals surface area contributed by atoms with E-state index in [4.69, 9.17) is 5.73 Å². The number of hydrogen-bond donors (Lipinski definition) is 1. The third-order valence-electron chi connectivity index (χ3n) is 2.62. The minimum atomic E-state index is -2.19. The number of thioether (sulfide) groups is 1. The standard InChI is InChI=1S/C12H12F5NO2S/c1-20-12(19)6(18)2-3-21-4-5-7(13)9(15)11(17)10(16)8(5)14/h6H,2-4,18H2,1H3. The molecule has 0 spiro atoms. The average molecular weight is 329 g/mol. The molecule has 0 saturated heterocycles. The first-order valence-electron chi connectivity index (χ1n) is 5.72. The zero-order valence-electron chi connectivity index (χ0n) is 10.9. The molecule has 1 aromatic carbocycles. The van der Waals surface area contributed by atoms with Crippen LogP contribution in [0.3, 0.4) is 0 Å². The molecule has 0 bridgehead atoms. The fourth-order valence-electron chi connectivity index (χ4n) is 1.43. The molecule has 0 fully saturated rings. The summed E-state index contributed by atoms with van der Waals surface area (Å²) >= 11 is 0.891. The highest BCUT2D eigenvalue weighted by Crippen LogP contribution is 2.26. The van der Waals surface area contributed by atoms with E-state index in [9.17, 15) is 26.7 Å². The lowest BCUT2D eigenvalue weighted by Gasteiger charge is -2.10. The molecule has 2 N–H and O–H groups in total. The van der Waals surface area contributed by atoms with Crippen LogP contribution in [0.4, 0.5) is 22.0 Å². The summed E-state index contributed by atoms with van der Waals surface area (Å²) < 4.78 is 69.8. The highest BCUT2D eigenvalue weighted by molar-refractivity contribution is 7.98. The van der Waals surface area contributed by atoms with Gasteiger partial charge in [0, 0.05) is 11.3 Å². The van der Waals surface area contributed by atoms with Crippen LogP contribution in [-0.2, 0) is 15.3 Å². The van der Waals surface area contributed by atoms with Gasteiger partial charge in [-0.1, -0.05) is 0 Å². The maximum atomic E-state index is 13.3. The van der Waals surface area contributed by atoms with E-state index in [-0.39, 0.29) is 12.2 Å². The normalized spacial score (nSPS) is 12.3. The lowest BCUT2D eigenvalue weighted by Crippen LogP contribution is -2.32. The lowest BCUT2D eigenvalue weighted by molar-refractivity contribution is -0.142. The minimum Gasteiger partial charge on any atom is -0.468 e. The van der Waals surface area contributed by atoms with Crippen LogP contribution < -0.4 is 5.73 Å². The number of ether oxygens (including phenoxy) is 1. The fraction of sp³-hybridized carbons (Fsp3) is 0.417. The van der Waals surface area contributed by atoms with E-state index < -0.39 is 52.4 Å². The van der Waals surface area contributed by atoms with Gasteiger partial charge in [-0.15, -0.1) is 0 Å². The molecule has 118 valence electrons. The molecular formula is C12H12F5NO2S. The monoisotopic (exact) mass is 329 g/mol. The molecule has 1 aromatic rings. The summed E-state index contributed by atoms with van der Waals surface area (Å²) in [6.45, 7) is 0. The van der Waals surface area contributed by atoms with Gasteiger partial charge in [0.15, 0.2) is 23.3 Å². The summed E-state index contributed by atoms with van der Waals surface area (Å²) in [4.78, 5) is 11.0. The van der Waals surface area contributed by atoms with Crippen molar-refractivity contribution in [3.63, 3.8) is 0 Å². The van der Waals surface area contributed by atoms with Crippen molar-refractivity contribution in [2.75, 3.05) is 12.9 Å². The first-order valence-corrected chi connectivity index (χ1v) is 6.88. The van der Waals surface area contributed by atoms with Crippen molar-refractivity contribution in [3.05, 3.63) is 34.6 Å². The summed E-state index contributed by atoms with van der Waals surface area (Å²) in [5, 5.41) is 0. The molecular weight excluding hydrogens is 317 g/mol. The molecule has 21 heavy (non-hydrogen) atoms. The predicted octanol–water partition coefficient (Wildman–Crippen LogP) is 2.51. The topological polar surface area (TPSA) is 52.3 Å².